The second-order valence-electron chi connectivity index (χ2n) is 24.0. The summed E-state index contributed by atoms with van der Waals surface area (Å²) >= 11 is 0. The van der Waals surface area contributed by atoms with Gasteiger partial charge in [0.1, 0.15) is 6.33 Å². The molecular weight excluding hydrogens is 932 g/mol. The predicted molar refractivity (Wildman–Crippen MR) is 295 cm³/mol. The van der Waals surface area contributed by atoms with Crippen LogP contribution in [0.1, 0.15) is 131 Å². The van der Waals surface area contributed by atoms with Gasteiger partial charge in [0, 0.05) is 47.7 Å². The maximum atomic E-state index is 14.4. The number of amides is 2. The van der Waals surface area contributed by atoms with Gasteiger partial charge >= 0.3 is 28.8 Å². The third-order valence-electron chi connectivity index (χ3n) is 16.4. The topological polar surface area (TPSA) is 151 Å². The molecule has 8 rings (SSSR count). The number of nitrogens with zero attached hydrogens (tertiary/aromatic N) is 4. The van der Waals surface area contributed by atoms with Gasteiger partial charge in [-0.25, -0.2) is 9.97 Å². The summed E-state index contributed by atoms with van der Waals surface area (Å²) in [6.45, 7) is 30.9. The number of benzene rings is 4. The van der Waals surface area contributed by atoms with E-state index in [1.807, 2.05) is 162 Å². The fourth-order valence-corrected chi connectivity index (χ4v) is 8.38. The van der Waals surface area contributed by atoms with E-state index >= 15 is 0 Å². The molecule has 0 unspecified atom stereocenters. The normalized spacial score (nSPS) is 19.4. The van der Waals surface area contributed by atoms with Crippen molar-refractivity contribution in [2.24, 2.45) is 0 Å². The van der Waals surface area contributed by atoms with Crippen molar-refractivity contribution in [3.8, 4) is 22.5 Å². The molecule has 3 aliphatic rings. The first-order valence-corrected chi connectivity index (χ1v) is 25.3. The number of hydrogen-bond acceptors (Lipinski definition) is 12. The van der Waals surface area contributed by atoms with E-state index in [0.717, 1.165) is 11.1 Å². The number of carbonyl (C=O) groups is 2. The molecule has 3 fully saturated rings. The summed E-state index contributed by atoms with van der Waals surface area (Å²) in [6.07, 6.45) is 1.52. The lowest BCUT2D eigenvalue weighted by molar-refractivity contribution is -0.0893. The summed E-state index contributed by atoms with van der Waals surface area (Å²) < 4.78 is 44.7. The summed E-state index contributed by atoms with van der Waals surface area (Å²) in [7, 11) is 2.90. The van der Waals surface area contributed by atoms with E-state index in [0.29, 0.717) is 55.7 Å². The molecule has 5 aromatic rings. The molecule has 0 aliphatic carbocycles. The highest BCUT2D eigenvalue weighted by molar-refractivity contribution is 6.66. The third-order valence-corrected chi connectivity index (χ3v) is 16.4. The Morgan fingerprint density at radius 2 is 0.838 bits per heavy atom. The Morgan fingerprint density at radius 1 is 0.514 bits per heavy atom. The highest BCUT2D eigenvalue weighted by Gasteiger charge is 2.55. The number of aliphatic hydroxyl groups is 1. The van der Waals surface area contributed by atoms with Crippen LogP contribution in [0.4, 0.5) is 11.4 Å². The molecule has 2 amide bonds. The number of carbonyl (C=O) groups excluding carboxylic acids is 2. The Bertz CT molecular complexity index is 2840. The molecule has 1 aromatic heterocycles. The van der Waals surface area contributed by atoms with Crippen molar-refractivity contribution >= 4 is 73.9 Å². The molecular formula is C56H71B4N4O10. The third kappa shape index (κ3) is 10.7. The zero-order chi connectivity index (χ0) is 54.4. The van der Waals surface area contributed by atoms with Gasteiger partial charge in [-0.15, -0.1) is 0 Å². The standard InChI is InChI=1S/C56H71B4N4O10/c1-49(2,67)50(3,4)68-57-39-27-37(28-40(31-39)58-69-51(5,6)52(7,8)70-58)47(65)63(17)43-23-19-35(20-24-43)45-33-46(62-34-61-45)36-21-25-44(26-22-36)64(18)48(66)38-29-41(59-71-53(9,10)54(11,12)72-59)32-42(30-38)60-73-55(13,14)56(15,16)74-60/h19-34,67H,1-18H3. The largest absolute Gasteiger partial charge is 0.494 e. The molecule has 0 atom stereocenters. The molecule has 3 aliphatic heterocycles. The number of rotatable bonds is 13. The molecule has 4 aromatic carbocycles. The van der Waals surface area contributed by atoms with E-state index in [1.165, 1.54) is 6.33 Å². The van der Waals surface area contributed by atoms with Crippen LogP contribution in [-0.2, 0) is 32.6 Å². The van der Waals surface area contributed by atoms with E-state index in [-0.39, 0.29) is 11.8 Å². The summed E-state index contributed by atoms with van der Waals surface area (Å²) in [5.41, 5.74) is 2.31. The quantitative estimate of drug-likeness (QED) is 0.120. The van der Waals surface area contributed by atoms with Crippen molar-refractivity contribution in [3.63, 3.8) is 0 Å². The van der Waals surface area contributed by atoms with E-state index in [4.69, 9.17) is 32.6 Å². The maximum Gasteiger partial charge on any atom is 0.494 e. The van der Waals surface area contributed by atoms with E-state index < -0.39 is 66.2 Å². The number of aromatic nitrogens is 2. The number of hydrogen-bond donors (Lipinski definition) is 1. The van der Waals surface area contributed by atoms with E-state index in [2.05, 4.69) is 9.97 Å². The lowest BCUT2D eigenvalue weighted by Gasteiger charge is -2.37. The summed E-state index contributed by atoms with van der Waals surface area (Å²) in [5, 5.41) is 10.8. The first-order valence-electron chi connectivity index (χ1n) is 25.3. The monoisotopic (exact) mass is 1000 g/mol. The zero-order valence-corrected chi connectivity index (χ0v) is 46.5. The Hall–Kier alpha value is -5.16. The van der Waals surface area contributed by atoms with Crippen molar-refractivity contribution in [2.45, 2.75) is 156 Å². The van der Waals surface area contributed by atoms with Crippen LogP contribution in [0.5, 0.6) is 0 Å². The van der Waals surface area contributed by atoms with Crippen LogP contribution in [-0.4, -0.2) is 115 Å². The first kappa shape index (κ1) is 55.1. The second kappa shape index (κ2) is 19.1. The van der Waals surface area contributed by atoms with Gasteiger partial charge in [0.2, 0.25) is 0 Å². The van der Waals surface area contributed by atoms with Crippen LogP contribution >= 0.6 is 0 Å². The molecule has 0 saturated carbocycles. The van der Waals surface area contributed by atoms with Gasteiger partial charge < -0.3 is 47.5 Å². The minimum Gasteiger partial charge on any atom is -0.427 e. The minimum atomic E-state index is -1.14. The molecule has 4 heterocycles. The van der Waals surface area contributed by atoms with Crippen LogP contribution in [0.25, 0.3) is 22.5 Å². The average Bonchev–Trinajstić information content (AvgIpc) is 3.81. The first-order chi connectivity index (χ1) is 34.1. The second-order valence-corrected chi connectivity index (χ2v) is 24.0. The van der Waals surface area contributed by atoms with Gasteiger partial charge in [-0.1, -0.05) is 47.9 Å². The van der Waals surface area contributed by atoms with Gasteiger partial charge in [-0.2, -0.15) is 0 Å². The molecule has 3 saturated heterocycles. The summed E-state index contributed by atoms with van der Waals surface area (Å²) in [4.78, 5) is 41.1. The van der Waals surface area contributed by atoms with Gasteiger partial charge in [-0.05, 0) is 176 Å². The van der Waals surface area contributed by atoms with Crippen LogP contribution in [0.2, 0.25) is 0 Å². The maximum absolute atomic E-state index is 14.4. The van der Waals surface area contributed by atoms with Crippen LogP contribution in [0.3, 0.4) is 0 Å². The lowest BCUT2D eigenvalue weighted by atomic mass is 9.71. The highest BCUT2D eigenvalue weighted by Crippen LogP contribution is 2.39. The van der Waals surface area contributed by atoms with Crippen molar-refractivity contribution < 1.29 is 47.3 Å². The van der Waals surface area contributed by atoms with Crippen molar-refractivity contribution in [1.29, 1.82) is 0 Å². The Balaban J connectivity index is 0.991. The Kier molecular flexibility index (Phi) is 14.2. The summed E-state index contributed by atoms with van der Waals surface area (Å²) in [5.74, 6) is -0.488. The Labute approximate surface area is 439 Å². The Morgan fingerprint density at radius 3 is 1.18 bits per heavy atom. The van der Waals surface area contributed by atoms with Crippen molar-refractivity contribution in [3.05, 3.63) is 108 Å². The average molecular weight is 1000 g/mol. The van der Waals surface area contributed by atoms with Crippen LogP contribution < -0.4 is 31.7 Å². The fourth-order valence-electron chi connectivity index (χ4n) is 8.38. The zero-order valence-electron chi connectivity index (χ0n) is 46.5. The molecule has 74 heavy (non-hydrogen) atoms. The molecule has 0 bridgehead atoms. The molecule has 1 radical (unpaired) electrons. The van der Waals surface area contributed by atoms with Gasteiger partial charge in [-0.3, -0.25) is 9.59 Å². The van der Waals surface area contributed by atoms with E-state index in [9.17, 15) is 14.7 Å². The van der Waals surface area contributed by atoms with Crippen LogP contribution in [0, 0.1) is 0 Å². The molecule has 387 valence electrons. The lowest BCUT2D eigenvalue weighted by Crippen LogP contribution is -2.49. The molecule has 0 spiro atoms. The molecule has 1 N–H and O–H groups in total. The van der Waals surface area contributed by atoms with Crippen molar-refractivity contribution in [2.75, 3.05) is 23.9 Å². The summed E-state index contributed by atoms with van der Waals surface area (Å²) in [6, 6.07) is 28.1. The molecule has 14 nitrogen and oxygen atoms in total. The van der Waals surface area contributed by atoms with Gasteiger partial charge in [0.05, 0.1) is 56.2 Å². The number of anilines is 2. The van der Waals surface area contributed by atoms with Crippen molar-refractivity contribution in [1.82, 2.24) is 9.97 Å². The fraction of sp³-hybridized carbons (Fsp3) is 0.464. The van der Waals surface area contributed by atoms with E-state index in [1.54, 1.807) is 71.2 Å². The predicted octanol–water partition coefficient (Wildman–Crippen LogP) is 7.07. The minimum absolute atomic E-state index is 0.232. The smallest absolute Gasteiger partial charge is 0.427 e. The van der Waals surface area contributed by atoms with Crippen LogP contribution in [0.15, 0.2) is 97.3 Å². The highest BCUT2D eigenvalue weighted by atomic mass is 16.7. The van der Waals surface area contributed by atoms with Gasteiger partial charge in [0.25, 0.3) is 11.8 Å². The molecule has 18 heteroatoms. The van der Waals surface area contributed by atoms with Gasteiger partial charge in [0.15, 0.2) is 0 Å². The SMILES string of the molecule is CN(C(=O)c1cc([B]OC(C)(C)C(C)(C)O)cc(B2OC(C)(C)C(C)(C)O2)c1)c1ccc(-c2cc(-c3ccc(N(C)C(=O)c4cc(B5OC(C)(C)C(C)(C)O5)cc(B5OC(C)(C)C(C)(C)O5)c4)cc3)ncn2)cc1.